The number of hydrogen-bond donors (Lipinski definition) is 0. The minimum absolute atomic E-state index is 0.373. The molecule has 0 N–H and O–H groups in total. The van der Waals surface area contributed by atoms with Gasteiger partial charge in [-0.3, -0.25) is 0 Å². The smallest absolute Gasteiger partial charge is 0.185 e. The highest BCUT2D eigenvalue weighted by molar-refractivity contribution is 7.92. The third-order valence-corrected chi connectivity index (χ3v) is 8.71. The molecule has 0 bridgehead atoms. The van der Waals surface area contributed by atoms with Crippen molar-refractivity contribution in [1.29, 1.82) is 0 Å². The fourth-order valence-electron chi connectivity index (χ4n) is 3.79. The first kappa shape index (κ1) is 20.9. The van der Waals surface area contributed by atoms with E-state index < -0.39 is 31.6 Å². The minimum atomic E-state index is -3.85. The molecule has 1 aliphatic rings. The number of nitrogens with zero attached hydrogens (tertiary/aromatic N) is 2. The fourth-order valence-corrected chi connectivity index (χ4v) is 6.45. The molecular formula is C22H22F2N2O2S2. The van der Waals surface area contributed by atoms with E-state index in [1.165, 1.54) is 16.9 Å². The molecule has 2 aromatic carbocycles. The Labute approximate surface area is 179 Å². The van der Waals surface area contributed by atoms with Gasteiger partial charge in [0.2, 0.25) is 0 Å². The summed E-state index contributed by atoms with van der Waals surface area (Å²) in [7, 11) is -3.85. The van der Waals surface area contributed by atoms with Gasteiger partial charge in [0, 0.05) is 30.1 Å². The van der Waals surface area contributed by atoms with Gasteiger partial charge in [-0.05, 0) is 50.5 Å². The van der Waals surface area contributed by atoms with Crippen LogP contribution < -0.4 is 4.90 Å². The summed E-state index contributed by atoms with van der Waals surface area (Å²) < 4.78 is 52.8. The molecule has 1 aliphatic heterocycles. The highest BCUT2D eigenvalue weighted by atomic mass is 32.2. The Morgan fingerprint density at radius 2 is 1.80 bits per heavy atom. The molecule has 1 fully saturated rings. The maximum Gasteiger partial charge on any atom is 0.185 e. The van der Waals surface area contributed by atoms with E-state index in [9.17, 15) is 17.2 Å². The second kappa shape index (κ2) is 8.07. The normalized spacial score (nSPS) is 15.5. The maximum atomic E-state index is 14.0. The Morgan fingerprint density at radius 1 is 1.07 bits per heavy atom. The van der Waals surface area contributed by atoms with Crippen molar-refractivity contribution in [2.75, 3.05) is 18.0 Å². The van der Waals surface area contributed by atoms with Crippen molar-refractivity contribution < 1.29 is 17.2 Å². The highest BCUT2D eigenvalue weighted by Gasteiger charge is 2.34. The molecule has 0 amide bonds. The van der Waals surface area contributed by atoms with E-state index in [0.29, 0.717) is 32.0 Å². The first-order valence-corrected chi connectivity index (χ1v) is 12.2. The van der Waals surface area contributed by atoms with E-state index >= 15 is 0 Å². The second-order valence-corrected chi connectivity index (χ2v) is 10.7. The Morgan fingerprint density at radius 3 is 2.50 bits per heavy atom. The van der Waals surface area contributed by atoms with Gasteiger partial charge in [-0.25, -0.2) is 22.2 Å². The van der Waals surface area contributed by atoms with Crippen molar-refractivity contribution in [3.63, 3.8) is 0 Å². The zero-order chi connectivity index (χ0) is 21.5. The number of aryl methyl sites for hydroxylation is 2. The molecule has 30 heavy (non-hydrogen) atoms. The lowest BCUT2D eigenvalue weighted by Gasteiger charge is -2.31. The molecule has 4 rings (SSSR count). The van der Waals surface area contributed by atoms with Crippen LogP contribution in [0.5, 0.6) is 0 Å². The van der Waals surface area contributed by atoms with Crippen molar-refractivity contribution in [1.82, 2.24) is 4.98 Å². The zero-order valence-electron chi connectivity index (χ0n) is 16.7. The molecule has 0 radical (unpaired) electrons. The van der Waals surface area contributed by atoms with Crippen molar-refractivity contribution in [3.05, 3.63) is 64.5 Å². The predicted octanol–water partition coefficient (Wildman–Crippen LogP) is 5.15. The van der Waals surface area contributed by atoms with Crippen LogP contribution in [0.3, 0.4) is 0 Å². The van der Waals surface area contributed by atoms with E-state index in [4.69, 9.17) is 4.98 Å². The number of thiazole rings is 1. The van der Waals surface area contributed by atoms with Crippen LogP contribution in [-0.4, -0.2) is 31.7 Å². The first-order valence-electron chi connectivity index (χ1n) is 9.73. The molecule has 0 aliphatic carbocycles. The van der Waals surface area contributed by atoms with E-state index in [-0.39, 0.29) is 0 Å². The molecule has 3 aromatic rings. The predicted molar refractivity (Wildman–Crippen MR) is 116 cm³/mol. The van der Waals surface area contributed by atoms with E-state index in [1.807, 2.05) is 12.3 Å². The number of rotatable bonds is 4. The summed E-state index contributed by atoms with van der Waals surface area (Å²) in [6.07, 6.45) is 0.745. The molecule has 0 unspecified atom stereocenters. The Kier molecular flexibility index (Phi) is 5.63. The lowest BCUT2D eigenvalue weighted by molar-refractivity contribution is 0.516. The summed E-state index contributed by atoms with van der Waals surface area (Å²) in [6.45, 7) is 5.14. The third kappa shape index (κ3) is 3.98. The van der Waals surface area contributed by atoms with Gasteiger partial charge in [0.05, 0.1) is 10.9 Å². The van der Waals surface area contributed by atoms with Crippen LogP contribution in [-0.2, 0) is 9.84 Å². The van der Waals surface area contributed by atoms with Gasteiger partial charge in [0.1, 0.15) is 16.5 Å². The topological polar surface area (TPSA) is 50.3 Å². The number of sulfone groups is 1. The number of anilines is 1. The maximum absolute atomic E-state index is 14.0. The van der Waals surface area contributed by atoms with Gasteiger partial charge in [0.25, 0.3) is 0 Å². The highest BCUT2D eigenvalue weighted by Crippen LogP contribution is 2.33. The van der Waals surface area contributed by atoms with Crippen LogP contribution in [0.15, 0.2) is 46.7 Å². The molecular weight excluding hydrogens is 426 g/mol. The molecule has 4 nitrogen and oxygen atoms in total. The standard InChI is InChI=1S/C22H22F2N2O2S2/c1-14-3-4-15(2)18(11-14)20-13-29-22(25-20)26-9-7-17(8-10-26)30(27,28)21-6-5-16(23)12-19(21)24/h3-6,11-13,17H,7-10H2,1-2H3. The van der Waals surface area contributed by atoms with Gasteiger partial charge in [-0.15, -0.1) is 11.3 Å². The van der Waals surface area contributed by atoms with Gasteiger partial charge in [-0.2, -0.15) is 0 Å². The van der Waals surface area contributed by atoms with Crippen molar-refractivity contribution >= 4 is 26.3 Å². The largest absolute Gasteiger partial charge is 0.348 e. The van der Waals surface area contributed by atoms with Gasteiger partial charge in [-0.1, -0.05) is 17.7 Å². The molecule has 158 valence electrons. The minimum Gasteiger partial charge on any atom is -0.348 e. The van der Waals surface area contributed by atoms with Gasteiger partial charge in [0.15, 0.2) is 15.0 Å². The molecule has 0 saturated carbocycles. The number of piperidine rings is 1. The van der Waals surface area contributed by atoms with Crippen molar-refractivity contribution in [3.8, 4) is 11.3 Å². The average Bonchev–Trinajstić information content (AvgIpc) is 3.19. The number of halogens is 2. The Hall–Kier alpha value is -2.32. The summed E-state index contributed by atoms with van der Waals surface area (Å²) >= 11 is 1.54. The summed E-state index contributed by atoms with van der Waals surface area (Å²) in [5, 5.41) is 2.19. The molecule has 1 aromatic heterocycles. The summed E-state index contributed by atoms with van der Waals surface area (Å²) in [5.74, 6) is -1.82. The van der Waals surface area contributed by atoms with E-state index in [2.05, 4.69) is 30.0 Å². The average molecular weight is 449 g/mol. The molecule has 0 atom stereocenters. The summed E-state index contributed by atoms with van der Waals surface area (Å²) in [6, 6.07) is 8.88. The van der Waals surface area contributed by atoms with E-state index in [0.717, 1.165) is 34.1 Å². The number of aromatic nitrogens is 1. The van der Waals surface area contributed by atoms with Gasteiger partial charge >= 0.3 is 0 Å². The zero-order valence-corrected chi connectivity index (χ0v) is 18.4. The van der Waals surface area contributed by atoms with Crippen LogP contribution in [0.4, 0.5) is 13.9 Å². The Bertz CT molecular complexity index is 1180. The summed E-state index contributed by atoms with van der Waals surface area (Å²) in [4.78, 5) is 6.42. The number of hydrogen-bond acceptors (Lipinski definition) is 5. The first-order chi connectivity index (χ1) is 14.3. The molecule has 0 spiro atoms. The lowest BCUT2D eigenvalue weighted by Crippen LogP contribution is -2.39. The van der Waals surface area contributed by atoms with E-state index in [1.54, 1.807) is 0 Å². The molecule has 8 heteroatoms. The number of benzene rings is 2. The Balaban J connectivity index is 1.49. The monoisotopic (exact) mass is 448 g/mol. The summed E-state index contributed by atoms with van der Waals surface area (Å²) in [5.41, 5.74) is 4.34. The molecule has 1 saturated heterocycles. The van der Waals surface area contributed by atoms with Crippen molar-refractivity contribution in [2.45, 2.75) is 36.8 Å². The van der Waals surface area contributed by atoms with Crippen LogP contribution in [0, 0.1) is 25.5 Å². The lowest BCUT2D eigenvalue weighted by atomic mass is 10.0. The third-order valence-electron chi connectivity index (χ3n) is 5.51. The van der Waals surface area contributed by atoms with Crippen LogP contribution in [0.1, 0.15) is 24.0 Å². The quantitative estimate of drug-likeness (QED) is 0.518. The van der Waals surface area contributed by atoms with Gasteiger partial charge < -0.3 is 4.90 Å². The SMILES string of the molecule is Cc1ccc(C)c(-c2csc(N3CCC(S(=O)(=O)c4ccc(F)cc4F)CC3)n2)c1. The van der Waals surface area contributed by atoms with Crippen molar-refractivity contribution in [2.24, 2.45) is 0 Å². The second-order valence-electron chi connectivity index (χ2n) is 7.64. The fraction of sp³-hybridized carbons (Fsp3) is 0.318. The van der Waals surface area contributed by atoms with Crippen LogP contribution in [0.25, 0.3) is 11.3 Å². The van der Waals surface area contributed by atoms with Crippen LogP contribution in [0.2, 0.25) is 0 Å². The van der Waals surface area contributed by atoms with Crippen LogP contribution >= 0.6 is 11.3 Å². The molecule has 2 heterocycles.